The lowest BCUT2D eigenvalue weighted by atomic mass is 9.97. The summed E-state index contributed by atoms with van der Waals surface area (Å²) in [6, 6.07) is 8.39. The van der Waals surface area contributed by atoms with Gasteiger partial charge in [-0.1, -0.05) is 24.3 Å². The van der Waals surface area contributed by atoms with Crippen molar-refractivity contribution in [2.45, 2.75) is 50.8 Å². The summed E-state index contributed by atoms with van der Waals surface area (Å²) in [5.74, 6) is 0.170. The molecule has 2 saturated heterocycles. The van der Waals surface area contributed by atoms with Gasteiger partial charge in [-0.05, 0) is 43.2 Å². The fraction of sp³-hybridized carbons (Fsp3) is 0.588. The summed E-state index contributed by atoms with van der Waals surface area (Å²) in [7, 11) is 0. The van der Waals surface area contributed by atoms with Crippen LogP contribution in [0.2, 0.25) is 0 Å². The molecular formula is C17H24N2O2. The minimum absolute atomic E-state index is 0.169. The van der Waals surface area contributed by atoms with Gasteiger partial charge >= 0.3 is 0 Å². The maximum Gasteiger partial charge on any atom is 0.252 e. The first kappa shape index (κ1) is 14.5. The van der Waals surface area contributed by atoms with E-state index in [1.54, 1.807) is 0 Å². The SMILES string of the molecule is NCc1ccccc1C1CCCN1C(=O)[C@H]1CCCCO1. The van der Waals surface area contributed by atoms with Crippen molar-refractivity contribution in [3.05, 3.63) is 35.4 Å². The highest BCUT2D eigenvalue weighted by Crippen LogP contribution is 2.35. The molecule has 114 valence electrons. The van der Waals surface area contributed by atoms with E-state index < -0.39 is 0 Å². The fourth-order valence-electron chi connectivity index (χ4n) is 3.52. The summed E-state index contributed by atoms with van der Waals surface area (Å²) >= 11 is 0. The second-order valence-electron chi connectivity index (χ2n) is 5.95. The first-order valence-electron chi connectivity index (χ1n) is 8.01. The Hall–Kier alpha value is -1.39. The van der Waals surface area contributed by atoms with Gasteiger partial charge in [0.2, 0.25) is 0 Å². The number of carbonyl (C=O) groups is 1. The molecule has 2 atom stereocenters. The highest BCUT2D eigenvalue weighted by Gasteiger charge is 2.35. The van der Waals surface area contributed by atoms with Gasteiger partial charge in [0, 0.05) is 19.7 Å². The van der Waals surface area contributed by atoms with E-state index >= 15 is 0 Å². The minimum atomic E-state index is -0.232. The van der Waals surface area contributed by atoms with Crippen LogP contribution < -0.4 is 5.73 Å². The first-order valence-corrected chi connectivity index (χ1v) is 8.01. The van der Waals surface area contributed by atoms with Gasteiger partial charge in [0.15, 0.2) is 0 Å². The summed E-state index contributed by atoms with van der Waals surface area (Å²) in [4.78, 5) is 14.8. The number of ether oxygens (including phenoxy) is 1. The van der Waals surface area contributed by atoms with Crippen LogP contribution in [0.25, 0.3) is 0 Å². The van der Waals surface area contributed by atoms with Crippen molar-refractivity contribution >= 4 is 5.91 Å². The van der Waals surface area contributed by atoms with Gasteiger partial charge in [0.05, 0.1) is 6.04 Å². The maximum absolute atomic E-state index is 12.8. The maximum atomic E-state index is 12.8. The summed E-state index contributed by atoms with van der Waals surface area (Å²) < 4.78 is 5.68. The molecule has 2 N–H and O–H groups in total. The Balaban J connectivity index is 1.80. The van der Waals surface area contributed by atoms with E-state index in [1.165, 1.54) is 5.56 Å². The van der Waals surface area contributed by atoms with Crippen molar-refractivity contribution in [2.24, 2.45) is 5.73 Å². The Morgan fingerprint density at radius 3 is 2.86 bits per heavy atom. The van der Waals surface area contributed by atoms with Gasteiger partial charge in [-0.2, -0.15) is 0 Å². The molecule has 0 radical (unpaired) electrons. The van der Waals surface area contributed by atoms with E-state index in [0.717, 1.165) is 44.2 Å². The molecule has 1 aromatic rings. The van der Waals surface area contributed by atoms with Gasteiger partial charge in [-0.15, -0.1) is 0 Å². The van der Waals surface area contributed by atoms with Gasteiger partial charge in [0.1, 0.15) is 6.10 Å². The second kappa shape index (κ2) is 6.58. The van der Waals surface area contributed by atoms with Crippen LogP contribution in [0.15, 0.2) is 24.3 Å². The van der Waals surface area contributed by atoms with E-state index in [-0.39, 0.29) is 18.1 Å². The second-order valence-corrected chi connectivity index (χ2v) is 5.95. The molecule has 4 nitrogen and oxygen atoms in total. The Kier molecular flexibility index (Phi) is 4.56. The lowest BCUT2D eigenvalue weighted by molar-refractivity contribution is -0.147. The summed E-state index contributed by atoms with van der Waals surface area (Å²) in [5.41, 5.74) is 8.21. The minimum Gasteiger partial charge on any atom is -0.368 e. The molecule has 1 unspecified atom stereocenters. The van der Waals surface area contributed by atoms with E-state index in [2.05, 4.69) is 12.1 Å². The third-order valence-corrected chi connectivity index (χ3v) is 4.63. The van der Waals surface area contributed by atoms with Gasteiger partial charge in [0.25, 0.3) is 5.91 Å². The van der Waals surface area contributed by atoms with Crippen molar-refractivity contribution < 1.29 is 9.53 Å². The van der Waals surface area contributed by atoms with Crippen LogP contribution >= 0.6 is 0 Å². The van der Waals surface area contributed by atoms with Crippen molar-refractivity contribution in [1.29, 1.82) is 0 Å². The number of rotatable bonds is 3. The van der Waals surface area contributed by atoms with Crippen LogP contribution in [-0.2, 0) is 16.1 Å². The molecule has 1 aromatic carbocycles. The molecular weight excluding hydrogens is 264 g/mol. The summed E-state index contributed by atoms with van der Waals surface area (Å²) in [6.45, 7) is 2.07. The average molecular weight is 288 g/mol. The van der Waals surface area contributed by atoms with Crippen LogP contribution in [0.5, 0.6) is 0 Å². The molecule has 3 rings (SSSR count). The van der Waals surface area contributed by atoms with Crippen LogP contribution in [-0.4, -0.2) is 30.1 Å². The number of likely N-dealkylation sites (tertiary alicyclic amines) is 1. The fourth-order valence-corrected chi connectivity index (χ4v) is 3.52. The molecule has 1 amide bonds. The van der Waals surface area contributed by atoms with Gasteiger partial charge in [-0.3, -0.25) is 4.79 Å². The number of amides is 1. The van der Waals surface area contributed by atoms with Gasteiger partial charge in [-0.25, -0.2) is 0 Å². The van der Waals surface area contributed by atoms with Crippen molar-refractivity contribution in [3.63, 3.8) is 0 Å². The number of nitrogens with two attached hydrogens (primary N) is 1. The number of carbonyl (C=O) groups excluding carboxylic acids is 1. The third kappa shape index (κ3) is 2.97. The Labute approximate surface area is 126 Å². The lowest BCUT2D eigenvalue weighted by Gasteiger charge is -2.31. The average Bonchev–Trinajstić information content (AvgIpc) is 3.04. The Morgan fingerprint density at radius 2 is 2.10 bits per heavy atom. The normalized spacial score (nSPS) is 26.0. The largest absolute Gasteiger partial charge is 0.368 e. The summed E-state index contributed by atoms with van der Waals surface area (Å²) in [5, 5.41) is 0. The monoisotopic (exact) mass is 288 g/mol. The molecule has 2 fully saturated rings. The van der Waals surface area contributed by atoms with E-state index in [0.29, 0.717) is 13.2 Å². The number of benzene rings is 1. The predicted molar refractivity (Wildman–Crippen MR) is 81.6 cm³/mol. The number of hydrogen-bond donors (Lipinski definition) is 1. The van der Waals surface area contributed by atoms with Crippen molar-refractivity contribution in [2.75, 3.05) is 13.2 Å². The van der Waals surface area contributed by atoms with Crippen molar-refractivity contribution in [1.82, 2.24) is 4.90 Å². The topological polar surface area (TPSA) is 55.6 Å². The van der Waals surface area contributed by atoms with E-state index in [1.807, 2.05) is 17.0 Å². The van der Waals surface area contributed by atoms with Crippen LogP contribution in [0, 0.1) is 0 Å². The highest BCUT2D eigenvalue weighted by molar-refractivity contribution is 5.81. The number of nitrogens with zero attached hydrogens (tertiary/aromatic N) is 1. The smallest absolute Gasteiger partial charge is 0.252 e. The molecule has 0 spiro atoms. The van der Waals surface area contributed by atoms with E-state index in [9.17, 15) is 4.79 Å². The highest BCUT2D eigenvalue weighted by atomic mass is 16.5. The molecule has 4 heteroatoms. The zero-order valence-electron chi connectivity index (χ0n) is 12.5. The molecule has 2 heterocycles. The Morgan fingerprint density at radius 1 is 1.24 bits per heavy atom. The zero-order chi connectivity index (χ0) is 14.7. The molecule has 2 aliphatic heterocycles. The molecule has 0 bridgehead atoms. The van der Waals surface area contributed by atoms with Crippen LogP contribution in [0.3, 0.4) is 0 Å². The number of hydrogen-bond acceptors (Lipinski definition) is 3. The van der Waals surface area contributed by atoms with Crippen LogP contribution in [0.4, 0.5) is 0 Å². The molecule has 0 aromatic heterocycles. The van der Waals surface area contributed by atoms with Gasteiger partial charge < -0.3 is 15.4 Å². The lowest BCUT2D eigenvalue weighted by Crippen LogP contribution is -2.41. The molecule has 21 heavy (non-hydrogen) atoms. The standard InChI is InChI=1S/C17H24N2O2/c18-12-13-6-1-2-7-14(13)15-8-5-10-19(15)17(20)16-9-3-4-11-21-16/h1-2,6-7,15-16H,3-5,8-12,18H2/t15?,16-/m1/s1. The predicted octanol–water partition coefficient (Wildman–Crippen LogP) is 2.38. The van der Waals surface area contributed by atoms with Crippen LogP contribution in [0.1, 0.15) is 49.3 Å². The molecule has 2 aliphatic rings. The third-order valence-electron chi connectivity index (χ3n) is 4.63. The molecule has 0 aliphatic carbocycles. The molecule has 0 saturated carbocycles. The zero-order valence-corrected chi connectivity index (χ0v) is 12.5. The quantitative estimate of drug-likeness (QED) is 0.929. The summed E-state index contributed by atoms with van der Waals surface area (Å²) in [6.07, 6.45) is 4.87. The van der Waals surface area contributed by atoms with Crippen molar-refractivity contribution in [3.8, 4) is 0 Å². The first-order chi connectivity index (χ1) is 10.3. The van der Waals surface area contributed by atoms with E-state index in [4.69, 9.17) is 10.5 Å². The Bertz CT molecular complexity index is 497.